The molecule has 18 heavy (non-hydrogen) atoms. The largest absolute Gasteiger partial charge is 0.467 e. The van der Waals surface area contributed by atoms with Crippen molar-refractivity contribution in [2.24, 2.45) is 0 Å². The van der Waals surface area contributed by atoms with Gasteiger partial charge in [-0.05, 0) is 19.1 Å². The molecule has 0 radical (unpaired) electrons. The Morgan fingerprint density at radius 1 is 1.61 bits per heavy atom. The van der Waals surface area contributed by atoms with Gasteiger partial charge in [-0.3, -0.25) is 4.79 Å². The average molecular weight is 252 g/mol. The normalized spacial score (nSPS) is 19.7. The summed E-state index contributed by atoms with van der Waals surface area (Å²) in [5, 5.41) is 3.23. The van der Waals surface area contributed by atoms with E-state index in [1.807, 2.05) is 19.1 Å². The lowest BCUT2D eigenvalue weighted by Crippen LogP contribution is -2.42. The second-order valence-corrected chi connectivity index (χ2v) is 4.39. The van der Waals surface area contributed by atoms with Crippen LogP contribution in [0.5, 0.6) is 0 Å². The van der Waals surface area contributed by atoms with Gasteiger partial charge in [-0.1, -0.05) is 0 Å². The lowest BCUT2D eigenvalue weighted by molar-refractivity contribution is -0.135. The minimum absolute atomic E-state index is 0.00287. The molecule has 0 bridgehead atoms. The quantitative estimate of drug-likeness (QED) is 0.849. The van der Waals surface area contributed by atoms with Gasteiger partial charge in [0.05, 0.1) is 31.9 Å². The second kappa shape index (κ2) is 6.56. The molecule has 1 aliphatic rings. The molecule has 1 saturated heterocycles. The third-order valence-electron chi connectivity index (χ3n) is 3.07. The molecule has 1 aliphatic heterocycles. The van der Waals surface area contributed by atoms with Gasteiger partial charge in [-0.25, -0.2) is 0 Å². The van der Waals surface area contributed by atoms with Crippen LogP contribution in [0.4, 0.5) is 0 Å². The molecule has 100 valence electrons. The predicted molar refractivity (Wildman–Crippen MR) is 67.0 cm³/mol. The van der Waals surface area contributed by atoms with Crippen molar-refractivity contribution in [3.8, 4) is 0 Å². The van der Waals surface area contributed by atoms with E-state index in [0.717, 1.165) is 18.8 Å². The maximum Gasteiger partial charge on any atom is 0.225 e. The van der Waals surface area contributed by atoms with Crippen molar-refractivity contribution >= 4 is 5.91 Å². The smallest absolute Gasteiger partial charge is 0.225 e. The first-order valence-electron chi connectivity index (χ1n) is 6.42. The van der Waals surface area contributed by atoms with Gasteiger partial charge < -0.3 is 19.4 Å². The van der Waals surface area contributed by atoms with Crippen LogP contribution in [-0.4, -0.2) is 43.2 Å². The first kappa shape index (κ1) is 13.1. The van der Waals surface area contributed by atoms with Crippen LogP contribution < -0.4 is 5.32 Å². The maximum atomic E-state index is 12.1. The fraction of sp³-hybridized carbons (Fsp3) is 0.615. The van der Waals surface area contributed by atoms with Crippen LogP contribution in [0, 0.1) is 0 Å². The summed E-state index contributed by atoms with van der Waals surface area (Å²) in [5.41, 5.74) is 0. The van der Waals surface area contributed by atoms with E-state index in [1.165, 1.54) is 0 Å². The van der Waals surface area contributed by atoms with E-state index in [-0.39, 0.29) is 12.0 Å². The van der Waals surface area contributed by atoms with Crippen molar-refractivity contribution < 1.29 is 13.9 Å². The molecule has 1 N–H and O–H groups in total. The van der Waals surface area contributed by atoms with Crippen molar-refractivity contribution in [3.05, 3.63) is 24.2 Å². The van der Waals surface area contributed by atoms with E-state index in [4.69, 9.17) is 9.15 Å². The molecule has 0 saturated carbocycles. The zero-order chi connectivity index (χ0) is 12.8. The van der Waals surface area contributed by atoms with Crippen LogP contribution in [0.15, 0.2) is 22.8 Å². The number of carbonyl (C=O) groups excluding carboxylic acids is 1. The number of hydrogen-bond donors (Lipinski definition) is 1. The Balaban J connectivity index is 1.84. The van der Waals surface area contributed by atoms with Crippen LogP contribution in [0.3, 0.4) is 0 Å². The van der Waals surface area contributed by atoms with Gasteiger partial charge in [0.1, 0.15) is 5.76 Å². The molecule has 0 aromatic carbocycles. The van der Waals surface area contributed by atoms with Gasteiger partial charge in [-0.2, -0.15) is 0 Å². The number of amides is 1. The fourth-order valence-corrected chi connectivity index (χ4v) is 2.04. The van der Waals surface area contributed by atoms with Gasteiger partial charge in [0, 0.05) is 19.6 Å². The Hall–Kier alpha value is -1.33. The molecular weight excluding hydrogens is 232 g/mol. The van der Waals surface area contributed by atoms with E-state index >= 15 is 0 Å². The van der Waals surface area contributed by atoms with Crippen molar-refractivity contribution in [1.29, 1.82) is 0 Å². The number of nitrogens with one attached hydrogen (secondary N) is 1. The van der Waals surface area contributed by atoms with E-state index in [2.05, 4.69) is 5.32 Å². The van der Waals surface area contributed by atoms with Gasteiger partial charge in [0.25, 0.3) is 0 Å². The molecule has 1 unspecified atom stereocenters. The van der Waals surface area contributed by atoms with Crippen LogP contribution in [0.2, 0.25) is 0 Å². The third-order valence-corrected chi connectivity index (χ3v) is 3.07. The standard InChI is InChI=1S/C13H20N2O3/c1-2-15(10-11-4-3-6-17-11)13(16)8-12-9-14-5-7-18-12/h3-4,6,12,14H,2,5,7-10H2,1H3. The zero-order valence-electron chi connectivity index (χ0n) is 10.7. The Morgan fingerprint density at radius 2 is 2.50 bits per heavy atom. The summed E-state index contributed by atoms with van der Waals surface area (Å²) in [4.78, 5) is 13.9. The molecule has 1 fully saturated rings. The number of carbonyl (C=O) groups is 1. The highest BCUT2D eigenvalue weighted by Crippen LogP contribution is 2.09. The molecule has 1 aromatic rings. The summed E-state index contributed by atoms with van der Waals surface area (Å²) in [6.45, 7) is 5.49. The molecule has 1 aromatic heterocycles. The highest BCUT2D eigenvalue weighted by molar-refractivity contribution is 5.76. The van der Waals surface area contributed by atoms with E-state index in [1.54, 1.807) is 11.2 Å². The number of hydrogen-bond acceptors (Lipinski definition) is 4. The lowest BCUT2D eigenvalue weighted by Gasteiger charge is -2.26. The zero-order valence-corrected chi connectivity index (χ0v) is 10.7. The monoisotopic (exact) mass is 252 g/mol. The number of nitrogens with zero attached hydrogens (tertiary/aromatic N) is 1. The van der Waals surface area contributed by atoms with Crippen molar-refractivity contribution in [2.45, 2.75) is 26.0 Å². The van der Waals surface area contributed by atoms with Gasteiger partial charge in [-0.15, -0.1) is 0 Å². The van der Waals surface area contributed by atoms with Crippen LogP contribution in [0.1, 0.15) is 19.1 Å². The molecule has 2 heterocycles. The number of furan rings is 1. The molecule has 0 aliphatic carbocycles. The molecular formula is C13H20N2O3. The van der Waals surface area contributed by atoms with Crippen LogP contribution in [-0.2, 0) is 16.1 Å². The number of ether oxygens (including phenoxy) is 1. The highest BCUT2D eigenvalue weighted by atomic mass is 16.5. The maximum absolute atomic E-state index is 12.1. The second-order valence-electron chi connectivity index (χ2n) is 4.39. The molecule has 0 spiro atoms. The van der Waals surface area contributed by atoms with Gasteiger partial charge in [0.2, 0.25) is 5.91 Å². The van der Waals surface area contributed by atoms with E-state index < -0.39 is 0 Å². The Kier molecular flexibility index (Phi) is 4.78. The summed E-state index contributed by atoms with van der Waals surface area (Å²) >= 11 is 0. The van der Waals surface area contributed by atoms with E-state index in [9.17, 15) is 4.79 Å². The molecule has 2 rings (SSSR count). The molecule has 5 nitrogen and oxygen atoms in total. The first-order chi connectivity index (χ1) is 8.79. The average Bonchev–Trinajstić information content (AvgIpc) is 2.90. The summed E-state index contributed by atoms with van der Waals surface area (Å²) in [5.74, 6) is 0.926. The van der Waals surface area contributed by atoms with Crippen molar-refractivity contribution in [3.63, 3.8) is 0 Å². The first-order valence-corrected chi connectivity index (χ1v) is 6.42. The number of rotatable bonds is 5. The summed E-state index contributed by atoms with van der Waals surface area (Å²) in [7, 11) is 0. The van der Waals surface area contributed by atoms with Crippen molar-refractivity contribution in [1.82, 2.24) is 10.2 Å². The number of morpholine rings is 1. The lowest BCUT2D eigenvalue weighted by atomic mass is 10.2. The highest BCUT2D eigenvalue weighted by Gasteiger charge is 2.21. The SMILES string of the molecule is CCN(Cc1ccco1)C(=O)CC1CNCCO1. The molecule has 5 heteroatoms. The Morgan fingerprint density at radius 3 is 3.11 bits per heavy atom. The van der Waals surface area contributed by atoms with Gasteiger partial charge in [0.15, 0.2) is 0 Å². The Labute approximate surface area is 107 Å². The summed E-state index contributed by atoms with van der Waals surface area (Å²) < 4.78 is 10.8. The van der Waals surface area contributed by atoms with Crippen LogP contribution >= 0.6 is 0 Å². The van der Waals surface area contributed by atoms with Crippen molar-refractivity contribution in [2.75, 3.05) is 26.2 Å². The minimum atomic E-state index is -0.00287. The Bertz CT molecular complexity index is 358. The third kappa shape index (κ3) is 3.58. The summed E-state index contributed by atoms with van der Waals surface area (Å²) in [6.07, 6.45) is 2.06. The topological polar surface area (TPSA) is 54.7 Å². The minimum Gasteiger partial charge on any atom is -0.467 e. The van der Waals surface area contributed by atoms with Gasteiger partial charge >= 0.3 is 0 Å². The van der Waals surface area contributed by atoms with E-state index in [0.29, 0.717) is 26.1 Å². The predicted octanol–water partition coefficient (Wildman–Crippen LogP) is 1.01. The van der Waals surface area contributed by atoms with Crippen LogP contribution in [0.25, 0.3) is 0 Å². The fourth-order valence-electron chi connectivity index (χ4n) is 2.04. The molecule has 1 atom stereocenters. The summed E-state index contributed by atoms with van der Waals surface area (Å²) in [6, 6.07) is 3.72. The molecule has 1 amide bonds.